The summed E-state index contributed by atoms with van der Waals surface area (Å²) < 4.78 is 10.6. The molecular formula is C21H23NO5. The molecule has 6 nitrogen and oxygen atoms in total. The number of furan rings is 1. The molecule has 1 atom stereocenters. The van der Waals surface area contributed by atoms with Crippen LogP contribution in [0.15, 0.2) is 58.4 Å². The maximum absolute atomic E-state index is 13.0. The number of ether oxygens (including phenoxy) is 1. The highest BCUT2D eigenvalue weighted by atomic mass is 16.5. The minimum Gasteiger partial charge on any atom is -0.503 e. The van der Waals surface area contributed by atoms with Gasteiger partial charge in [0.05, 0.1) is 31.5 Å². The standard InChI is InChI=1S/C21H23NO5/c1-21(2,3)19(24)16-17(13-7-9-14(26-4)10-8-13)22(20(25)18(16)23)12-15-6-5-11-27-15/h5-11,17,23H,12H2,1-4H3. The number of nitrogens with zero attached hydrogens (tertiary/aromatic N) is 1. The monoisotopic (exact) mass is 369 g/mol. The van der Waals surface area contributed by atoms with Crippen LogP contribution in [0.2, 0.25) is 0 Å². The van der Waals surface area contributed by atoms with Gasteiger partial charge in [-0.15, -0.1) is 0 Å². The van der Waals surface area contributed by atoms with Gasteiger partial charge in [-0.3, -0.25) is 9.59 Å². The summed E-state index contributed by atoms with van der Waals surface area (Å²) in [5, 5.41) is 10.5. The summed E-state index contributed by atoms with van der Waals surface area (Å²) in [4.78, 5) is 27.3. The Balaban J connectivity index is 2.08. The van der Waals surface area contributed by atoms with Gasteiger partial charge in [0.2, 0.25) is 0 Å². The van der Waals surface area contributed by atoms with Gasteiger partial charge in [0.1, 0.15) is 11.5 Å². The Morgan fingerprint density at radius 2 is 1.89 bits per heavy atom. The van der Waals surface area contributed by atoms with Crippen molar-refractivity contribution >= 4 is 11.7 Å². The second-order valence-corrected chi connectivity index (χ2v) is 7.53. The molecule has 1 aromatic carbocycles. The van der Waals surface area contributed by atoms with Crippen molar-refractivity contribution in [2.24, 2.45) is 5.41 Å². The molecule has 6 heteroatoms. The Bertz CT molecular complexity index is 872. The summed E-state index contributed by atoms with van der Waals surface area (Å²) in [6.45, 7) is 5.44. The molecule has 1 N–H and O–H groups in total. The summed E-state index contributed by atoms with van der Waals surface area (Å²) in [7, 11) is 1.57. The van der Waals surface area contributed by atoms with E-state index in [9.17, 15) is 14.7 Å². The SMILES string of the molecule is COc1ccc(C2C(C(=O)C(C)(C)C)=C(O)C(=O)N2Cc2ccco2)cc1. The first kappa shape index (κ1) is 18.8. The second kappa shape index (κ2) is 6.95. The minimum atomic E-state index is -0.741. The van der Waals surface area contributed by atoms with Crippen molar-refractivity contribution < 1.29 is 23.8 Å². The largest absolute Gasteiger partial charge is 0.503 e. The fourth-order valence-electron chi connectivity index (χ4n) is 3.16. The molecular weight excluding hydrogens is 346 g/mol. The second-order valence-electron chi connectivity index (χ2n) is 7.53. The molecule has 3 rings (SSSR count). The topological polar surface area (TPSA) is 80.0 Å². The first-order valence-electron chi connectivity index (χ1n) is 8.69. The number of carbonyl (C=O) groups excluding carboxylic acids is 2. The summed E-state index contributed by atoms with van der Waals surface area (Å²) >= 11 is 0. The van der Waals surface area contributed by atoms with E-state index < -0.39 is 23.1 Å². The van der Waals surface area contributed by atoms with Crippen molar-refractivity contribution in [3.05, 3.63) is 65.3 Å². The molecule has 142 valence electrons. The highest BCUT2D eigenvalue weighted by Crippen LogP contribution is 2.42. The molecule has 2 heterocycles. The molecule has 1 aliphatic rings. The number of Topliss-reactive ketones (excluding diaryl/α,β-unsaturated/α-hetero) is 1. The number of aliphatic hydroxyl groups is 1. The molecule has 2 aromatic rings. The van der Waals surface area contributed by atoms with E-state index in [1.54, 1.807) is 64.3 Å². The number of aliphatic hydroxyl groups excluding tert-OH is 1. The van der Waals surface area contributed by atoms with Crippen molar-refractivity contribution in [2.45, 2.75) is 33.4 Å². The molecule has 1 amide bonds. The van der Waals surface area contributed by atoms with Gasteiger partial charge >= 0.3 is 0 Å². The van der Waals surface area contributed by atoms with Crippen molar-refractivity contribution in [1.82, 2.24) is 4.90 Å². The lowest BCUT2D eigenvalue weighted by atomic mass is 9.82. The average Bonchev–Trinajstić information content (AvgIpc) is 3.23. The van der Waals surface area contributed by atoms with E-state index in [1.807, 2.05) is 0 Å². The summed E-state index contributed by atoms with van der Waals surface area (Å²) in [6, 6.07) is 9.89. The third-order valence-corrected chi connectivity index (χ3v) is 4.57. The van der Waals surface area contributed by atoms with Crippen LogP contribution in [0.5, 0.6) is 5.75 Å². The number of rotatable bonds is 5. The van der Waals surface area contributed by atoms with E-state index in [-0.39, 0.29) is 17.9 Å². The molecule has 1 aromatic heterocycles. The van der Waals surface area contributed by atoms with Crippen LogP contribution in [0.3, 0.4) is 0 Å². The lowest BCUT2D eigenvalue weighted by Gasteiger charge is -2.28. The zero-order valence-electron chi connectivity index (χ0n) is 15.9. The number of amides is 1. The van der Waals surface area contributed by atoms with E-state index in [2.05, 4.69) is 0 Å². The molecule has 0 aliphatic carbocycles. The first-order valence-corrected chi connectivity index (χ1v) is 8.69. The highest BCUT2D eigenvalue weighted by Gasteiger charge is 2.46. The quantitative estimate of drug-likeness (QED) is 0.867. The zero-order valence-corrected chi connectivity index (χ0v) is 15.9. The molecule has 0 saturated heterocycles. The number of ketones is 1. The van der Waals surface area contributed by atoms with Gasteiger partial charge in [-0.05, 0) is 29.8 Å². The van der Waals surface area contributed by atoms with Crippen LogP contribution in [0.25, 0.3) is 0 Å². The zero-order chi connectivity index (χ0) is 19.8. The number of hydrogen-bond donors (Lipinski definition) is 1. The number of benzene rings is 1. The van der Waals surface area contributed by atoms with Crippen molar-refractivity contribution in [1.29, 1.82) is 0 Å². The van der Waals surface area contributed by atoms with E-state index in [0.29, 0.717) is 17.1 Å². The van der Waals surface area contributed by atoms with Crippen LogP contribution < -0.4 is 4.74 Å². The smallest absolute Gasteiger partial charge is 0.290 e. The Morgan fingerprint density at radius 1 is 1.22 bits per heavy atom. The van der Waals surface area contributed by atoms with Gasteiger partial charge in [0.15, 0.2) is 11.5 Å². The Hall–Kier alpha value is -3.02. The van der Waals surface area contributed by atoms with Crippen LogP contribution in [0.1, 0.15) is 38.1 Å². The lowest BCUT2D eigenvalue weighted by Crippen LogP contribution is -2.32. The molecule has 0 fully saturated rings. The van der Waals surface area contributed by atoms with Gasteiger partial charge in [-0.25, -0.2) is 0 Å². The van der Waals surface area contributed by atoms with Crippen LogP contribution in [-0.2, 0) is 16.1 Å². The van der Waals surface area contributed by atoms with E-state index in [0.717, 1.165) is 0 Å². The maximum Gasteiger partial charge on any atom is 0.290 e. The van der Waals surface area contributed by atoms with Gasteiger partial charge in [-0.2, -0.15) is 0 Å². The van der Waals surface area contributed by atoms with Gasteiger partial charge in [0, 0.05) is 5.41 Å². The van der Waals surface area contributed by atoms with Crippen LogP contribution >= 0.6 is 0 Å². The molecule has 1 unspecified atom stereocenters. The van der Waals surface area contributed by atoms with Crippen molar-refractivity contribution in [2.75, 3.05) is 7.11 Å². The maximum atomic E-state index is 13.0. The van der Waals surface area contributed by atoms with Crippen LogP contribution in [-0.4, -0.2) is 28.8 Å². The van der Waals surface area contributed by atoms with Crippen LogP contribution in [0.4, 0.5) is 0 Å². The van der Waals surface area contributed by atoms with Crippen molar-refractivity contribution in [3.8, 4) is 5.75 Å². The first-order chi connectivity index (χ1) is 12.7. The van der Waals surface area contributed by atoms with Gasteiger partial charge in [0.25, 0.3) is 5.91 Å². The number of carbonyl (C=O) groups is 2. The molecule has 0 radical (unpaired) electrons. The highest BCUT2D eigenvalue weighted by molar-refractivity contribution is 6.10. The van der Waals surface area contributed by atoms with E-state index in [1.165, 1.54) is 11.2 Å². The van der Waals surface area contributed by atoms with Crippen molar-refractivity contribution in [3.63, 3.8) is 0 Å². The predicted octanol–water partition coefficient (Wildman–Crippen LogP) is 3.80. The number of methoxy groups -OCH3 is 1. The Morgan fingerprint density at radius 3 is 2.41 bits per heavy atom. The molecule has 0 saturated carbocycles. The number of hydrogen-bond acceptors (Lipinski definition) is 5. The normalized spacial score (nSPS) is 17.6. The fourth-order valence-corrected chi connectivity index (χ4v) is 3.16. The molecule has 0 bridgehead atoms. The summed E-state index contributed by atoms with van der Waals surface area (Å²) in [5.74, 6) is -0.116. The molecule has 27 heavy (non-hydrogen) atoms. The van der Waals surface area contributed by atoms with Gasteiger partial charge in [-0.1, -0.05) is 32.9 Å². The van der Waals surface area contributed by atoms with Crippen LogP contribution in [0, 0.1) is 5.41 Å². The average molecular weight is 369 g/mol. The predicted molar refractivity (Wildman–Crippen MR) is 99.1 cm³/mol. The summed E-state index contributed by atoms with van der Waals surface area (Å²) in [6.07, 6.45) is 1.52. The third kappa shape index (κ3) is 3.47. The lowest BCUT2D eigenvalue weighted by molar-refractivity contribution is -0.130. The fraction of sp³-hybridized carbons (Fsp3) is 0.333. The van der Waals surface area contributed by atoms with E-state index >= 15 is 0 Å². The van der Waals surface area contributed by atoms with Gasteiger partial charge < -0.3 is 19.2 Å². The summed E-state index contributed by atoms with van der Waals surface area (Å²) in [5.41, 5.74) is 0.0891. The van der Waals surface area contributed by atoms with E-state index in [4.69, 9.17) is 9.15 Å². The molecule has 1 aliphatic heterocycles. The molecule has 0 spiro atoms. The Kier molecular flexibility index (Phi) is 4.83. The third-order valence-electron chi connectivity index (χ3n) is 4.57. The minimum absolute atomic E-state index is 0.115. The Labute approximate surface area is 158 Å².